The van der Waals surface area contributed by atoms with Crippen molar-refractivity contribution < 1.29 is 28.3 Å². The number of hydrogen-bond acceptors (Lipinski definition) is 5. The number of carbonyl (C=O) groups is 4. The Bertz CT molecular complexity index is 866. The molecule has 2 N–H and O–H groups in total. The van der Waals surface area contributed by atoms with Gasteiger partial charge in [-0.3, -0.25) is 19.3 Å². The molecular formula is C21H26FN3O5. The van der Waals surface area contributed by atoms with E-state index in [0.29, 0.717) is 18.4 Å². The third-order valence-electron chi connectivity index (χ3n) is 5.58. The van der Waals surface area contributed by atoms with E-state index >= 15 is 0 Å². The van der Waals surface area contributed by atoms with E-state index < -0.39 is 35.4 Å². The molecule has 0 bridgehead atoms. The van der Waals surface area contributed by atoms with Gasteiger partial charge in [-0.1, -0.05) is 18.9 Å². The molecule has 0 unspecified atom stereocenters. The van der Waals surface area contributed by atoms with Gasteiger partial charge in [-0.05, 0) is 50.8 Å². The van der Waals surface area contributed by atoms with Crippen LogP contribution in [0.15, 0.2) is 18.2 Å². The number of hydrogen-bond donors (Lipinski definition) is 2. The lowest BCUT2D eigenvalue weighted by Crippen LogP contribution is -2.44. The van der Waals surface area contributed by atoms with Gasteiger partial charge in [0.1, 0.15) is 11.4 Å². The first-order chi connectivity index (χ1) is 14.2. The van der Waals surface area contributed by atoms with Crippen molar-refractivity contribution >= 4 is 29.5 Å². The minimum atomic E-state index is -1.07. The maximum Gasteiger partial charge on any atom is 0.325 e. The summed E-state index contributed by atoms with van der Waals surface area (Å²) < 4.78 is 18.7. The molecule has 1 saturated carbocycles. The number of carbonyl (C=O) groups excluding carboxylic acids is 4. The second kappa shape index (κ2) is 8.81. The van der Waals surface area contributed by atoms with Gasteiger partial charge < -0.3 is 15.4 Å². The van der Waals surface area contributed by atoms with Crippen LogP contribution in [0.3, 0.4) is 0 Å². The van der Waals surface area contributed by atoms with E-state index in [4.69, 9.17) is 4.74 Å². The third kappa shape index (κ3) is 4.60. The Morgan fingerprint density at radius 3 is 2.67 bits per heavy atom. The molecule has 0 radical (unpaired) electrons. The van der Waals surface area contributed by atoms with Crippen LogP contribution in [0.5, 0.6) is 0 Å². The van der Waals surface area contributed by atoms with E-state index in [-0.39, 0.29) is 31.0 Å². The molecule has 162 valence electrons. The van der Waals surface area contributed by atoms with Gasteiger partial charge in [-0.25, -0.2) is 9.18 Å². The summed E-state index contributed by atoms with van der Waals surface area (Å²) in [6, 6.07) is 3.86. The van der Waals surface area contributed by atoms with E-state index in [9.17, 15) is 23.6 Å². The molecule has 1 heterocycles. The van der Waals surface area contributed by atoms with Crippen molar-refractivity contribution in [2.45, 2.75) is 64.0 Å². The van der Waals surface area contributed by atoms with Crippen LogP contribution in [0.2, 0.25) is 0 Å². The number of nitrogens with zero attached hydrogens (tertiary/aromatic N) is 1. The Morgan fingerprint density at radius 2 is 2.00 bits per heavy atom. The average molecular weight is 419 g/mol. The van der Waals surface area contributed by atoms with Crippen molar-refractivity contribution in [3.8, 4) is 0 Å². The van der Waals surface area contributed by atoms with Gasteiger partial charge in [0.05, 0.1) is 0 Å². The summed E-state index contributed by atoms with van der Waals surface area (Å²) in [6.07, 6.45) is 2.23. The molecule has 8 nitrogen and oxygen atoms in total. The fourth-order valence-electron chi connectivity index (χ4n) is 3.80. The number of ether oxygens (including phenoxy) is 1. The van der Waals surface area contributed by atoms with E-state index in [2.05, 4.69) is 10.6 Å². The normalized spacial score (nSPS) is 18.4. The van der Waals surface area contributed by atoms with Gasteiger partial charge in [0.15, 0.2) is 6.10 Å². The molecule has 0 aromatic heterocycles. The van der Waals surface area contributed by atoms with Crippen LogP contribution in [0.4, 0.5) is 14.9 Å². The number of nitrogens with one attached hydrogen (secondary N) is 2. The maximum absolute atomic E-state index is 13.6. The number of aryl methyl sites for hydroxylation is 1. The summed E-state index contributed by atoms with van der Waals surface area (Å²) in [4.78, 5) is 50.0. The summed E-state index contributed by atoms with van der Waals surface area (Å²) in [6.45, 7) is 3.14. The molecule has 1 atom stereocenters. The number of amides is 4. The lowest BCUT2D eigenvalue weighted by atomic mass is 9.98. The van der Waals surface area contributed by atoms with E-state index in [1.54, 1.807) is 13.0 Å². The number of benzene rings is 1. The molecule has 1 saturated heterocycles. The second-order valence-electron chi connectivity index (χ2n) is 7.87. The molecule has 4 amide bonds. The average Bonchev–Trinajstić information content (AvgIpc) is 3.25. The van der Waals surface area contributed by atoms with Gasteiger partial charge in [0.2, 0.25) is 0 Å². The highest BCUT2D eigenvalue weighted by molar-refractivity contribution is 6.07. The van der Waals surface area contributed by atoms with Crippen LogP contribution >= 0.6 is 0 Å². The highest BCUT2D eigenvalue weighted by Crippen LogP contribution is 2.35. The molecular weight excluding hydrogens is 393 g/mol. The summed E-state index contributed by atoms with van der Waals surface area (Å²) >= 11 is 0. The largest absolute Gasteiger partial charge is 0.453 e. The van der Waals surface area contributed by atoms with Crippen LogP contribution < -0.4 is 10.6 Å². The lowest BCUT2D eigenvalue weighted by molar-refractivity contribution is -0.153. The van der Waals surface area contributed by atoms with Crippen molar-refractivity contribution in [2.24, 2.45) is 0 Å². The number of urea groups is 1. The van der Waals surface area contributed by atoms with E-state index in [1.807, 2.05) is 0 Å². The molecule has 1 spiro atoms. The highest BCUT2D eigenvalue weighted by atomic mass is 19.1. The molecule has 1 aromatic rings. The summed E-state index contributed by atoms with van der Waals surface area (Å²) in [7, 11) is 0. The Hall–Kier alpha value is -2.97. The summed E-state index contributed by atoms with van der Waals surface area (Å²) in [5.41, 5.74) is -0.0403. The van der Waals surface area contributed by atoms with E-state index in [0.717, 1.165) is 17.7 Å². The van der Waals surface area contributed by atoms with Crippen molar-refractivity contribution in [1.82, 2.24) is 10.2 Å². The zero-order chi connectivity index (χ0) is 21.9. The SMILES string of the molecule is Cc1ccc(NC(=O)[C@@H](C)OC(=O)CCCN2C(=O)NC3(CCCC3)C2=O)cc1F. The van der Waals surface area contributed by atoms with E-state index in [1.165, 1.54) is 19.1 Å². The van der Waals surface area contributed by atoms with Gasteiger partial charge in [-0.15, -0.1) is 0 Å². The molecule has 3 rings (SSSR count). The minimum Gasteiger partial charge on any atom is -0.453 e. The third-order valence-corrected chi connectivity index (χ3v) is 5.58. The number of imide groups is 1. The lowest BCUT2D eigenvalue weighted by Gasteiger charge is -2.20. The topological polar surface area (TPSA) is 105 Å². The number of halogens is 1. The molecule has 2 fully saturated rings. The fourth-order valence-corrected chi connectivity index (χ4v) is 3.80. The van der Waals surface area contributed by atoms with Crippen molar-refractivity contribution in [2.75, 3.05) is 11.9 Å². The minimum absolute atomic E-state index is 0.0408. The van der Waals surface area contributed by atoms with Crippen molar-refractivity contribution in [3.05, 3.63) is 29.6 Å². The first kappa shape index (κ1) is 21.7. The first-order valence-corrected chi connectivity index (χ1v) is 10.1. The van der Waals surface area contributed by atoms with Crippen molar-refractivity contribution in [3.63, 3.8) is 0 Å². The molecule has 1 aromatic carbocycles. The second-order valence-corrected chi connectivity index (χ2v) is 7.87. The summed E-state index contributed by atoms with van der Waals surface area (Å²) in [5, 5.41) is 5.28. The van der Waals surface area contributed by atoms with Crippen LogP contribution in [0.1, 0.15) is 51.0 Å². The van der Waals surface area contributed by atoms with Gasteiger partial charge in [-0.2, -0.15) is 0 Å². The predicted molar refractivity (Wildman–Crippen MR) is 106 cm³/mol. The standard InChI is InChI=1S/C21H26FN3O5/c1-13-7-8-15(12-16(13)22)23-18(27)14(2)30-17(26)6-5-11-25-19(28)21(24-20(25)29)9-3-4-10-21/h7-8,12,14H,3-6,9-11H2,1-2H3,(H,23,27)(H,24,29)/t14-/m1/s1. The Kier molecular flexibility index (Phi) is 6.38. The zero-order valence-electron chi connectivity index (χ0n) is 17.1. The Labute approximate surface area is 174 Å². The van der Waals surface area contributed by atoms with Gasteiger partial charge >= 0.3 is 12.0 Å². The Balaban J connectivity index is 1.43. The summed E-state index contributed by atoms with van der Waals surface area (Å²) in [5.74, 6) is -1.87. The molecule has 2 aliphatic rings. The molecule has 30 heavy (non-hydrogen) atoms. The van der Waals surface area contributed by atoms with Crippen LogP contribution in [0, 0.1) is 12.7 Å². The van der Waals surface area contributed by atoms with Crippen LogP contribution in [0.25, 0.3) is 0 Å². The number of rotatable bonds is 7. The first-order valence-electron chi connectivity index (χ1n) is 10.1. The molecule has 1 aliphatic carbocycles. The van der Waals surface area contributed by atoms with Gasteiger partial charge in [0, 0.05) is 18.7 Å². The van der Waals surface area contributed by atoms with Gasteiger partial charge in [0.25, 0.3) is 11.8 Å². The molecule has 1 aliphatic heterocycles. The number of esters is 1. The van der Waals surface area contributed by atoms with Crippen LogP contribution in [-0.2, 0) is 19.1 Å². The number of anilines is 1. The predicted octanol–water partition coefficient (Wildman–Crippen LogP) is 2.65. The van der Waals surface area contributed by atoms with Crippen LogP contribution in [-0.4, -0.2) is 46.9 Å². The quantitative estimate of drug-likeness (QED) is 0.522. The fraction of sp³-hybridized carbons (Fsp3) is 0.524. The Morgan fingerprint density at radius 1 is 1.30 bits per heavy atom. The smallest absolute Gasteiger partial charge is 0.325 e. The molecule has 9 heteroatoms. The monoisotopic (exact) mass is 419 g/mol. The maximum atomic E-state index is 13.6. The van der Waals surface area contributed by atoms with Crippen molar-refractivity contribution in [1.29, 1.82) is 0 Å². The zero-order valence-corrected chi connectivity index (χ0v) is 17.1. The highest BCUT2D eigenvalue weighted by Gasteiger charge is 2.52.